The number of rotatable bonds is 5. The van der Waals surface area contributed by atoms with Crippen molar-refractivity contribution in [1.29, 1.82) is 0 Å². The Balaban J connectivity index is 1.38. The highest BCUT2D eigenvalue weighted by Gasteiger charge is 2.20. The summed E-state index contributed by atoms with van der Waals surface area (Å²) in [6, 6.07) is 13.0. The molecule has 2 aliphatic rings. The molecule has 0 saturated carbocycles. The van der Waals surface area contributed by atoms with Crippen LogP contribution in [-0.2, 0) is 11.3 Å². The minimum Gasteiger partial charge on any atom is -0.486 e. The summed E-state index contributed by atoms with van der Waals surface area (Å²) in [5.41, 5.74) is 2.59. The maximum Gasteiger partial charge on any atom is 0.251 e. The lowest BCUT2D eigenvalue weighted by molar-refractivity contribution is -0.128. The van der Waals surface area contributed by atoms with Crippen LogP contribution in [0.3, 0.4) is 0 Å². The number of ether oxygens (including phenoxy) is 2. The van der Waals surface area contributed by atoms with Gasteiger partial charge in [0.15, 0.2) is 11.5 Å². The second kappa shape index (κ2) is 7.92. The van der Waals surface area contributed by atoms with E-state index in [1.807, 2.05) is 54.3 Å². The fraction of sp³-hybridized carbons (Fsp3) is 0.364. The quantitative estimate of drug-likeness (QED) is 0.866. The van der Waals surface area contributed by atoms with Gasteiger partial charge in [-0.1, -0.05) is 18.2 Å². The van der Waals surface area contributed by atoms with Gasteiger partial charge < -0.3 is 19.7 Å². The summed E-state index contributed by atoms with van der Waals surface area (Å²) in [6.07, 6.45) is 1.56. The van der Waals surface area contributed by atoms with Crippen molar-refractivity contribution in [2.75, 3.05) is 19.8 Å². The smallest absolute Gasteiger partial charge is 0.251 e. The zero-order chi connectivity index (χ0) is 19.5. The fourth-order valence-corrected chi connectivity index (χ4v) is 3.55. The Kier molecular flexibility index (Phi) is 5.19. The molecule has 1 atom stereocenters. The Morgan fingerprint density at radius 3 is 2.57 bits per heavy atom. The van der Waals surface area contributed by atoms with Gasteiger partial charge in [0.2, 0.25) is 5.91 Å². The number of nitrogens with one attached hydrogen (secondary N) is 1. The van der Waals surface area contributed by atoms with E-state index in [9.17, 15) is 9.59 Å². The maximum atomic E-state index is 12.6. The molecule has 2 amide bonds. The van der Waals surface area contributed by atoms with E-state index in [0.717, 1.165) is 29.8 Å². The summed E-state index contributed by atoms with van der Waals surface area (Å²) in [4.78, 5) is 26.2. The molecule has 6 nitrogen and oxygen atoms in total. The molecule has 146 valence electrons. The van der Waals surface area contributed by atoms with Crippen molar-refractivity contribution in [3.05, 3.63) is 59.2 Å². The monoisotopic (exact) mass is 380 g/mol. The predicted octanol–water partition coefficient (Wildman–Crippen LogP) is 3.07. The van der Waals surface area contributed by atoms with Gasteiger partial charge in [-0.25, -0.2) is 0 Å². The van der Waals surface area contributed by atoms with Gasteiger partial charge in [-0.2, -0.15) is 0 Å². The van der Waals surface area contributed by atoms with Crippen molar-refractivity contribution in [2.24, 2.45) is 0 Å². The van der Waals surface area contributed by atoms with E-state index >= 15 is 0 Å². The number of hydrogen-bond donors (Lipinski definition) is 1. The molecule has 1 saturated heterocycles. The van der Waals surface area contributed by atoms with Crippen LogP contribution in [0.4, 0.5) is 0 Å². The van der Waals surface area contributed by atoms with Crippen LogP contribution in [0.1, 0.15) is 47.3 Å². The first-order valence-electron chi connectivity index (χ1n) is 9.67. The number of carbonyl (C=O) groups excluding carboxylic acids is 2. The number of hydrogen-bond acceptors (Lipinski definition) is 4. The van der Waals surface area contributed by atoms with Gasteiger partial charge in [0.05, 0.1) is 6.04 Å². The molecule has 2 heterocycles. The lowest BCUT2D eigenvalue weighted by atomic mass is 10.1. The minimum atomic E-state index is -0.162. The van der Waals surface area contributed by atoms with Crippen molar-refractivity contribution in [1.82, 2.24) is 10.2 Å². The maximum absolute atomic E-state index is 12.6. The normalized spacial score (nSPS) is 16.8. The van der Waals surface area contributed by atoms with E-state index in [4.69, 9.17) is 9.47 Å². The van der Waals surface area contributed by atoms with Gasteiger partial charge >= 0.3 is 0 Å². The van der Waals surface area contributed by atoms with Crippen LogP contribution in [0.25, 0.3) is 0 Å². The second-order valence-corrected chi connectivity index (χ2v) is 7.21. The topological polar surface area (TPSA) is 67.9 Å². The summed E-state index contributed by atoms with van der Waals surface area (Å²) in [5, 5.41) is 3.02. The van der Waals surface area contributed by atoms with Gasteiger partial charge in [-0.15, -0.1) is 0 Å². The number of benzene rings is 2. The molecule has 1 fully saturated rings. The number of amides is 2. The van der Waals surface area contributed by atoms with Gasteiger partial charge in [0, 0.05) is 25.1 Å². The van der Waals surface area contributed by atoms with E-state index in [1.54, 1.807) is 0 Å². The van der Waals surface area contributed by atoms with E-state index in [-0.39, 0.29) is 17.9 Å². The van der Waals surface area contributed by atoms with Crippen molar-refractivity contribution < 1.29 is 19.1 Å². The lowest BCUT2D eigenvalue weighted by Gasteiger charge is -2.21. The molecular formula is C22H24N2O4. The molecule has 2 aromatic carbocycles. The van der Waals surface area contributed by atoms with E-state index < -0.39 is 0 Å². The number of likely N-dealkylation sites (tertiary alicyclic amines) is 1. The summed E-state index contributed by atoms with van der Waals surface area (Å²) < 4.78 is 11.2. The Morgan fingerprint density at radius 2 is 1.86 bits per heavy atom. The number of carbonyl (C=O) groups is 2. The van der Waals surface area contributed by atoms with E-state index in [2.05, 4.69) is 5.32 Å². The van der Waals surface area contributed by atoms with Crippen LogP contribution in [0.5, 0.6) is 11.5 Å². The second-order valence-electron chi connectivity index (χ2n) is 7.21. The third kappa shape index (κ3) is 3.96. The van der Waals surface area contributed by atoms with Gasteiger partial charge in [0.1, 0.15) is 13.2 Å². The predicted molar refractivity (Wildman–Crippen MR) is 104 cm³/mol. The molecule has 2 aliphatic heterocycles. The first-order valence-corrected chi connectivity index (χ1v) is 9.67. The molecule has 1 N–H and O–H groups in total. The van der Waals surface area contributed by atoms with Crippen LogP contribution >= 0.6 is 0 Å². The zero-order valence-electron chi connectivity index (χ0n) is 15.9. The van der Waals surface area contributed by atoms with Crippen LogP contribution in [-0.4, -0.2) is 36.5 Å². The third-order valence-electron chi connectivity index (χ3n) is 5.17. The first kappa shape index (κ1) is 18.3. The van der Waals surface area contributed by atoms with Gasteiger partial charge in [0.25, 0.3) is 5.91 Å². The van der Waals surface area contributed by atoms with Crippen LogP contribution < -0.4 is 14.8 Å². The highest BCUT2D eigenvalue weighted by molar-refractivity contribution is 5.94. The highest BCUT2D eigenvalue weighted by Crippen LogP contribution is 2.32. The number of fused-ring (bicyclic) bond motifs is 1. The minimum absolute atomic E-state index is 0.133. The van der Waals surface area contributed by atoms with Crippen LogP contribution in [0.2, 0.25) is 0 Å². The van der Waals surface area contributed by atoms with E-state index in [1.165, 1.54) is 0 Å². The Hall–Kier alpha value is -3.02. The summed E-state index contributed by atoms with van der Waals surface area (Å²) in [5.74, 6) is 1.52. The largest absolute Gasteiger partial charge is 0.486 e. The SMILES string of the molecule is C[C@H](NC(=O)c1ccc(CN2CCCC2=O)cc1)c1ccc2c(c1)OCCO2. The zero-order valence-corrected chi connectivity index (χ0v) is 15.9. The number of nitrogens with zero attached hydrogens (tertiary/aromatic N) is 1. The molecule has 0 unspecified atom stereocenters. The van der Waals surface area contributed by atoms with Crippen LogP contribution in [0.15, 0.2) is 42.5 Å². The van der Waals surface area contributed by atoms with Crippen molar-refractivity contribution in [3.63, 3.8) is 0 Å². The van der Waals surface area contributed by atoms with Crippen molar-refractivity contribution in [2.45, 2.75) is 32.4 Å². The van der Waals surface area contributed by atoms with Gasteiger partial charge in [-0.05, 0) is 48.7 Å². The highest BCUT2D eigenvalue weighted by atomic mass is 16.6. The molecule has 6 heteroatoms. The lowest BCUT2D eigenvalue weighted by Crippen LogP contribution is -2.27. The Bertz CT molecular complexity index is 879. The van der Waals surface area contributed by atoms with Crippen molar-refractivity contribution in [3.8, 4) is 11.5 Å². The van der Waals surface area contributed by atoms with E-state index in [0.29, 0.717) is 37.5 Å². The molecule has 2 aromatic rings. The molecule has 0 spiro atoms. The standard InChI is InChI=1S/C22H24N2O4/c1-15(18-8-9-19-20(13-18)28-12-11-27-19)23-22(26)17-6-4-16(5-7-17)14-24-10-2-3-21(24)25/h4-9,13,15H,2-3,10-12,14H2,1H3,(H,23,26)/t15-/m0/s1. The van der Waals surface area contributed by atoms with Crippen LogP contribution in [0, 0.1) is 0 Å². The molecule has 28 heavy (non-hydrogen) atoms. The fourth-order valence-electron chi connectivity index (χ4n) is 3.55. The summed E-state index contributed by atoms with van der Waals surface area (Å²) >= 11 is 0. The Morgan fingerprint density at radius 1 is 1.11 bits per heavy atom. The molecule has 0 aliphatic carbocycles. The average molecular weight is 380 g/mol. The average Bonchev–Trinajstić information content (AvgIpc) is 3.12. The first-order chi connectivity index (χ1) is 13.6. The summed E-state index contributed by atoms with van der Waals surface area (Å²) in [7, 11) is 0. The molecular weight excluding hydrogens is 356 g/mol. The van der Waals surface area contributed by atoms with Gasteiger partial charge in [-0.3, -0.25) is 9.59 Å². The molecule has 0 aromatic heterocycles. The molecule has 4 rings (SSSR count). The van der Waals surface area contributed by atoms with Crippen molar-refractivity contribution >= 4 is 11.8 Å². The molecule has 0 radical (unpaired) electrons. The summed E-state index contributed by atoms with van der Waals surface area (Å²) in [6.45, 7) is 4.45. The molecule has 0 bridgehead atoms. The Labute approximate surface area is 164 Å². The third-order valence-corrected chi connectivity index (χ3v) is 5.17.